The van der Waals surface area contributed by atoms with Gasteiger partial charge in [0, 0.05) is 30.3 Å². The summed E-state index contributed by atoms with van der Waals surface area (Å²) in [5.74, 6) is -0.406. The van der Waals surface area contributed by atoms with Crippen molar-refractivity contribution in [2.45, 2.75) is 18.4 Å². The number of ether oxygens (including phenoxy) is 1. The lowest BCUT2D eigenvalue weighted by Gasteiger charge is -2.29. The number of benzene rings is 3. The molecule has 9 heteroatoms. The molecule has 35 heavy (non-hydrogen) atoms. The summed E-state index contributed by atoms with van der Waals surface area (Å²) < 4.78 is 33.5. The van der Waals surface area contributed by atoms with E-state index >= 15 is 0 Å². The number of rotatable bonds is 8. The van der Waals surface area contributed by atoms with Gasteiger partial charge in [0.15, 0.2) is 0 Å². The second-order valence-corrected chi connectivity index (χ2v) is 10.6. The van der Waals surface area contributed by atoms with E-state index in [2.05, 4.69) is 10.2 Å². The molecule has 0 saturated carbocycles. The van der Waals surface area contributed by atoms with Crippen molar-refractivity contribution in [2.75, 3.05) is 42.1 Å². The third-order valence-electron chi connectivity index (χ3n) is 5.85. The van der Waals surface area contributed by atoms with Crippen LogP contribution in [0.2, 0.25) is 5.02 Å². The van der Waals surface area contributed by atoms with Crippen molar-refractivity contribution < 1.29 is 17.9 Å². The number of anilines is 2. The number of nitrogens with zero attached hydrogens (tertiary/aromatic N) is 2. The van der Waals surface area contributed by atoms with Gasteiger partial charge in [0.25, 0.3) is 10.0 Å². The van der Waals surface area contributed by atoms with Gasteiger partial charge in [-0.3, -0.25) is 9.10 Å². The number of nitrogens with one attached hydrogen (secondary N) is 1. The maximum atomic E-state index is 13.5. The summed E-state index contributed by atoms with van der Waals surface area (Å²) in [5.41, 5.74) is 3.10. The zero-order valence-electron chi connectivity index (χ0n) is 19.5. The molecule has 0 aromatic heterocycles. The molecule has 1 heterocycles. The first-order valence-electron chi connectivity index (χ1n) is 11.4. The Bertz CT molecular complexity index is 1260. The highest BCUT2D eigenvalue weighted by Crippen LogP contribution is 2.28. The number of halogens is 1. The average Bonchev–Trinajstić information content (AvgIpc) is 2.88. The fourth-order valence-electron chi connectivity index (χ4n) is 3.95. The van der Waals surface area contributed by atoms with Gasteiger partial charge in [-0.15, -0.1) is 0 Å². The van der Waals surface area contributed by atoms with Crippen molar-refractivity contribution in [1.82, 2.24) is 5.32 Å². The fraction of sp³-hybridized carbons (Fsp3) is 0.269. The highest BCUT2D eigenvalue weighted by Gasteiger charge is 2.28. The summed E-state index contributed by atoms with van der Waals surface area (Å²) in [6.45, 7) is 4.84. The molecule has 0 spiro atoms. The molecular weight excluding hydrogens is 486 g/mol. The van der Waals surface area contributed by atoms with Gasteiger partial charge in [-0.25, -0.2) is 8.42 Å². The van der Waals surface area contributed by atoms with Crippen molar-refractivity contribution in [3.05, 3.63) is 88.9 Å². The first kappa shape index (κ1) is 25.0. The van der Waals surface area contributed by atoms with Crippen LogP contribution in [0.25, 0.3) is 0 Å². The first-order chi connectivity index (χ1) is 16.8. The Labute approximate surface area is 211 Å². The van der Waals surface area contributed by atoms with Crippen molar-refractivity contribution >= 4 is 38.9 Å². The quantitative estimate of drug-likeness (QED) is 0.492. The number of amides is 1. The molecule has 184 valence electrons. The molecule has 0 atom stereocenters. The van der Waals surface area contributed by atoms with E-state index in [9.17, 15) is 13.2 Å². The Morgan fingerprint density at radius 1 is 1.03 bits per heavy atom. The third-order valence-corrected chi connectivity index (χ3v) is 7.86. The van der Waals surface area contributed by atoms with E-state index in [0.717, 1.165) is 28.6 Å². The monoisotopic (exact) mass is 513 g/mol. The van der Waals surface area contributed by atoms with E-state index in [-0.39, 0.29) is 11.4 Å². The normalized spacial score (nSPS) is 13.9. The minimum atomic E-state index is -3.97. The summed E-state index contributed by atoms with van der Waals surface area (Å²) in [4.78, 5) is 15.3. The SMILES string of the molecule is Cc1cc(Cl)ccc1N(CC(=O)NCc1ccc(N2CCOCC2)cc1)S(=O)(=O)c1ccccc1. The lowest BCUT2D eigenvalue weighted by atomic mass is 10.2. The molecule has 1 saturated heterocycles. The Hall–Kier alpha value is -3.07. The van der Waals surface area contributed by atoms with Crippen LogP contribution in [-0.2, 0) is 26.1 Å². The van der Waals surface area contributed by atoms with Crippen molar-refractivity contribution in [3.63, 3.8) is 0 Å². The molecule has 0 radical (unpaired) electrons. The zero-order valence-corrected chi connectivity index (χ0v) is 21.1. The molecular formula is C26H28ClN3O4S. The van der Waals surface area contributed by atoms with Crippen LogP contribution < -0.4 is 14.5 Å². The maximum Gasteiger partial charge on any atom is 0.264 e. The summed E-state index contributed by atoms with van der Waals surface area (Å²) in [5, 5.41) is 3.34. The van der Waals surface area contributed by atoms with Crippen LogP contribution in [0.4, 0.5) is 11.4 Å². The van der Waals surface area contributed by atoms with Gasteiger partial charge in [0.1, 0.15) is 6.54 Å². The van der Waals surface area contributed by atoms with Gasteiger partial charge in [0.2, 0.25) is 5.91 Å². The van der Waals surface area contributed by atoms with Gasteiger partial charge >= 0.3 is 0 Å². The van der Waals surface area contributed by atoms with E-state index in [1.165, 1.54) is 12.1 Å². The smallest absolute Gasteiger partial charge is 0.264 e. The maximum absolute atomic E-state index is 13.5. The molecule has 3 aromatic rings. The predicted octanol–water partition coefficient (Wildman–Crippen LogP) is 4.00. The minimum Gasteiger partial charge on any atom is -0.378 e. The van der Waals surface area contributed by atoms with E-state index in [4.69, 9.17) is 16.3 Å². The van der Waals surface area contributed by atoms with Gasteiger partial charge in [-0.2, -0.15) is 0 Å². The van der Waals surface area contributed by atoms with Gasteiger partial charge in [0.05, 0.1) is 23.8 Å². The molecule has 1 fully saturated rings. The Morgan fingerprint density at radius 3 is 2.37 bits per heavy atom. The molecule has 0 unspecified atom stereocenters. The summed E-state index contributed by atoms with van der Waals surface area (Å²) in [7, 11) is -3.97. The lowest BCUT2D eigenvalue weighted by molar-refractivity contribution is -0.119. The number of carbonyl (C=O) groups excluding carboxylic acids is 1. The van der Waals surface area contributed by atoms with E-state index in [1.807, 2.05) is 24.3 Å². The fourth-order valence-corrected chi connectivity index (χ4v) is 5.68. The average molecular weight is 514 g/mol. The van der Waals surface area contributed by atoms with Crippen LogP contribution in [0, 0.1) is 6.92 Å². The highest BCUT2D eigenvalue weighted by molar-refractivity contribution is 7.92. The van der Waals surface area contributed by atoms with Crippen molar-refractivity contribution in [1.29, 1.82) is 0 Å². The van der Waals surface area contributed by atoms with Crippen molar-refractivity contribution in [2.24, 2.45) is 0 Å². The Balaban J connectivity index is 1.48. The van der Waals surface area contributed by atoms with Crippen LogP contribution >= 0.6 is 11.6 Å². The van der Waals surface area contributed by atoms with E-state index in [1.54, 1.807) is 43.3 Å². The van der Waals surface area contributed by atoms with Crippen LogP contribution in [0.5, 0.6) is 0 Å². The number of morpholine rings is 1. The summed E-state index contributed by atoms with van der Waals surface area (Å²) in [6, 6.07) is 21.0. The molecule has 1 N–H and O–H groups in total. The molecule has 7 nitrogen and oxygen atoms in total. The molecule has 1 amide bonds. The molecule has 3 aromatic carbocycles. The second kappa shape index (κ2) is 11.1. The van der Waals surface area contributed by atoms with E-state index in [0.29, 0.717) is 36.0 Å². The molecule has 4 rings (SSSR count). The van der Waals surface area contributed by atoms with Crippen LogP contribution in [0.3, 0.4) is 0 Å². The van der Waals surface area contributed by atoms with Gasteiger partial charge in [-0.1, -0.05) is 41.9 Å². The molecule has 1 aliphatic rings. The Kier molecular flexibility index (Phi) is 7.95. The van der Waals surface area contributed by atoms with E-state index < -0.39 is 15.9 Å². The highest BCUT2D eigenvalue weighted by atomic mass is 35.5. The van der Waals surface area contributed by atoms with Gasteiger partial charge in [-0.05, 0) is 60.5 Å². The van der Waals surface area contributed by atoms with Crippen LogP contribution in [-0.4, -0.2) is 47.2 Å². The standard InChI is InChI=1S/C26H28ClN3O4S/c1-20-17-22(27)9-12-25(20)30(35(32,33)24-5-3-2-4-6-24)19-26(31)28-18-21-7-10-23(11-8-21)29-13-15-34-16-14-29/h2-12,17H,13-16,18-19H2,1H3,(H,28,31). The Morgan fingerprint density at radius 2 is 1.71 bits per heavy atom. The molecule has 1 aliphatic heterocycles. The molecule has 0 bridgehead atoms. The summed E-state index contributed by atoms with van der Waals surface area (Å²) in [6.07, 6.45) is 0. The van der Waals surface area contributed by atoms with Crippen molar-refractivity contribution in [3.8, 4) is 0 Å². The number of hydrogen-bond donors (Lipinski definition) is 1. The van der Waals surface area contributed by atoms with Crippen LogP contribution in [0.15, 0.2) is 77.7 Å². The third kappa shape index (κ3) is 6.14. The number of sulfonamides is 1. The summed E-state index contributed by atoms with van der Waals surface area (Å²) >= 11 is 6.08. The zero-order chi connectivity index (χ0) is 24.8. The molecule has 0 aliphatic carbocycles. The largest absolute Gasteiger partial charge is 0.378 e. The lowest BCUT2D eigenvalue weighted by Crippen LogP contribution is -2.41. The number of aryl methyl sites for hydroxylation is 1. The topological polar surface area (TPSA) is 79.0 Å². The minimum absolute atomic E-state index is 0.112. The first-order valence-corrected chi connectivity index (χ1v) is 13.2. The number of carbonyl (C=O) groups is 1. The second-order valence-electron chi connectivity index (χ2n) is 8.30. The predicted molar refractivity (Wildman–Crippen MR) is 138 cm³/mol. The van der Waals surface area contributed by atoms with Gasteiger partial charge < -0.3 is 15.0 Å². The van der Waals surface area contributed by atoms with Crippen LogP contribution in [0.1, 0.15) is 11.1 Å². The number of hydrogen-bond acceptors (Lipinski definition) is 5.